The van der Waals surface area contributed by atoms with E-state index in [0.29, 0.717) is 6.61 Å². The van der Waals surface area contributed by atoms with Gasteiger partial charge in [0.2, 0.25) is 5.91 Å². The molecule has 0 radical (unpaired) electrons. The number of amides is 1. The Bertz CT molecular complexity index is 2580. The fourth-order valence-electron chi connectivity index (χ4n) is 4.64. The van der Waals surface area contributed by atoms with Gasteiger partial charge in [0.05, 0.1) is 45.0 Å². The molecule has 0 aliphatic carbocycles. The lowest BCUT2D eigenvalue weighted by Crippen LogP contribution is -2.30. The highest BCUT2D eigenvalue weighted by molar-refractivity contribution is 6.33. The number of ether oxygens (including phenoxy) is 4. The average molecular weight is 880 g/mol. The number of fused-ring (bicyclic) bond motifs is 3. The molecule has 7 heterocycles. The van der Waals surface area contributed by atoms with E-state index >= 15 is 0 Å². The predicted molar refractivity (Wildman–Crippen MR) is 207 cm³/mol. The molecule has 0 saturated heterocycles. The van der Waals surface area contributed by atoms with Crippen molar-refractivity contribution in [2.45, 2.75) is 34.1 Å². The third kappa shape index (κ3) is 11.0. The number of hydrogen-bond acceptors (Lipinski definition) is 17. The molecule has 1 aliphatic heterocycles. The number of halogens is 3. The van der Waals surface area contributed by atoms with Gasteiger partial charge in [0.1, 0.15) is 50.0 Å². The minimum absolute atomic E-state index is 0.0372. The molecule has 0 unspecified atom stereocenters. The molecule has 0 spiro atoms. The van der Waals surface area contributed by atoms with Crippen LogP contribution in [0.15, 0.2) is 41.7 Å². The highest BCUT2D eigenvalue weighted by Gasteiger charge is 2.29. The summed E-state index contributed by atoms with van der Waals surface area (Å²) in [6.07, 6.45) is 4.99. The molecule has 0 aromatic carbocycles. The molecule has 59 heavy (non-hydrogen) atoms. The Hall–Kier alpha value is -6.85. The maximum atomic E-state index is 11.5. The molecule has 7 rings (SSSR count). The van der Waals surface area contributed by atoms with Crippen molar-refractivity contribution in [3.63, 3.8) is 0 Å². The first-order chi connectivity index (χ1) is 28.1. The number of esters is 4. The summed E-state index contributed by atoms with van der Waals surface area (Å²) >= 11 is 17.3. The number of nitrogens with two attached hydrogens (primary N) is 1. The highest BCUT2D eigenvalue weighted by Crippen LogP contribution is 2.21. The molecule has 0 bridgehead atoms. The number of aromatic nitrogens is 10. The van der Waals surface area contributed by atoms with Crippen LogP contribution >= 0.6 is 34.8 Å². The van der Waals surface area contributed by atoms with E-state index in [1.165, 1.54) is 35.4 Å². The molecule has 0 fully saturated rings. The molecule has 6 aromatic heterocycles. The number of anilines is 2. The van der Waals surface area contributed by atoms with Crippen LogP contribution in [0.5, 0.6) is 0 Å². The smallest absolute Gasteiger partial charge is 0.343 e. The van der Waals surface area contributed by atoms with Crippen LogP contribution in [0.25, 0.3) is 11.3 Å². The zero-order valence-corrected chi connectivity index (χ0v) is 33.5. The number of H-pyrrole nitrogens is 2. The number of rotatable bonds is 8. The molecule has 1 aliphatic rings. The quantitative estimate of drug-likeness (QED) is 0.0738. The molecular weight excluding hydrogens is 847 g/mol. The van der Waals surface area contributed by atoms with E-state index in [9.17, 15) is 33.6 Å². The lowest BCUT2D eigenvalue weighted by Gasteiger charge is -2.13. The number of carbonyl (C=O) groups is 6. The summed E-state index contributed by atoms with van der Waals surface area (Å²) in [7, 11) is 0. The Morgan fingerprint density at radius 3 is 1.86 bits per heavy atom. The molecule has 5 N–H and O–H groups in total. The zero-order chi connectivity index (χ0) is 43.4. The molecule has 0 atom stereocenters. The number of nitrogens with one attached hydrogen (secondary N) is 3. The first-order valence-corrected chi connectivity index (χ1v) is 18.1. The second-order valence-electron chi connectivity index (χ2n) is 11.0. The van der Waals surface area contributed by atoms with Crippen molar-refractivity contribution in [3.8, 4) is 0 Å². The van der Waals surface area contributed by atoms with Gasteiger partial charge < -0.3 is 30.0 Å². The van der Waals surface area contributed by atoms with Crippen LogP contribution in [-0.4, -0.2) is 111 Å². The van der Waals surface area contributed by atoms with Gasteiger partial charge in [0, 0.05) is 18.3 Å². The molecular formula is C33H33Cl3N12O11. The van der Waals surface area contributed by atoms with Crippen molar-refractivity contribution in [2.24, 2.45) is 0 Å². The van der Waals surface area contributed by atoms with E-state index in [-0.39, 0.29) is 92.4 Å². The molecule has 6 aromatic rings. The molecule has 23 nitrogen and oxygen atoms in total. The number of nitrogen functional groups attached to an aromatic ring is 1. The standard InChI is InChI=1S/C9H7Cl2N3O2.C9H8ClN3O3.C9H9N3O4.C6H9N3O2/c1-2-16-9(15)5-4-12-14-7(11)3-6(10)13-8(5)14;1-2-16-9(15)5-4-11-13-7(14)3-6(10)12-8(5)13;1-2-16-9(15)5-4-10-12-7(14)3-6(13)11-8(5)12;1-2-11-6(10)4-3-8-9-5(4)7/h3-4H,2H2,1H3;3-4,11H,2H2,1H3;4H,2-3H2,1H3,(H,11,13);3H,2H2,1H3,(H3,7,8,9). The van der Waals surface area contributed by atoms with Gasteiger partial charge in [-0.05, 0) is 27.7 Å². The summed E-state index contributed by atoms with van der Waals surface area (Å²) in [4.78, 5) is 87.3. The normalized spacial score (nSPS) is 11.4. The summed E-state index contributed by atoms with van der Waals surface area (Å²) in [5.74, 6) is -2.70. The highest BCUT2D eigenvalue weighted by atomic mass is 35.5. The van der Waals surface area contributed by atoms with Crippen LogP contribution in [0.2, 0.25) is 15.5 Å². The minimum Gasteiger partial charge on any atom is -0.462 e. The van der Waals surface area contributed by atoms with Gasteiger partial charge in [-0.2, -0.15) is 20.0 Å². The Kier molecular flexibility index (Phi) is 15.6. The van der Waals surface area contributed by atoms with Crippen molar-refractivity contribution in [2.75, 3.05) is 37.5 Å². The van der Waals surface area contributed by atoms with Gasteiger partial charge in [0.15, 0.2) is 17.1 Å². The van der Waals surface area contributed by atoms with E-state index in [2.05, 4.69) is 45.5 Å². The first-order valence-electron chi connectivity index (χ1n) is 17.0. The van der Waals surface area contributed by atoms with Crippen molar-refractivity contribution >= 4 is 93.4 Å². The topological polar surface area (TPSA) is 304 Å². The maximum absolute atomic E-state index is 11.5. The summed E-state index contributed by atoms with van der Waals surface area (Å²) in [5.41, 5.74) is 6.21. The number of carbonyl (C=O) groups excluding carboxylic acids is 6. The Balaban J connectivity index is 0.000000175. The average Bonchev–Trinajstić information content (AvgIpc) is 3.99. The van der Waals surface area contributed by atoms with Crippen molar-refractivity contribution in [1.82, 2.24) is 49.2 Å². The van der Waals surface area contributed by atoms with Gasteiger partial charge in [-0.3, -0.25) is 24.6 Å². The van der Waals surface area contributed by atoms with Crippen LogP contribution in [0.3, 0.4) is 0 Å². The van der Waals surface area contributed by atoms with Crippen molar-refractivity contribution < 1.29 is 47.7 Å². The second-order valence-corrected chi connectivity index (χ2v) is 12.1. The molecule has 0 saturated carbocycles. The Morgan fingerprint density at radius 1 is 0.729 bits per heavy atom. The molecule has 1 amide bonds. The monoisotopic (exact) mass is 878 g/mol. The minimum atomic E-state index is -0.612. The largest absolute Gasteiger partial charge is 0.462 e. The summed E-state index contributed by atoms with van der Waals surface area (Å²) in [6, 6.07) is 2.60. The Morgan fingerprint density at radius 2 is 1.27 bits per heavy atom. The predicted octanol–water partition coefficient (Wildman–Crippen LogP) is 3.28. The Labute approximate surface area is 346 Å². The molecule has 26 heteroatoms. The third-order valence-corrected chi connectivity index (χ3v) is 7.75. The van der Waals surface area contributed by atoms with Crippen LogP contribution in [-0.2, 0) is 23.7 Å². The van der Waals surface area contributed by atoms with Crippen molar-refractivity contribution in [3.05, 3.63) is 85.0 Å². The summed E-state index contributed by atoms with van der Waals surface area (Å²) in [6.45, 7) is 7.89. The van der Waals surface area contributed by atoms with Crippen LogP contribution in [0.1, 0.15) is 80.3 Å². The maximum Gasteiger partial charge on any atom is 0.343 e. The van der Waals surface area contributed by atoms with E-state index in [1.54, 1.807) is 27.7 Å². The van der Waals surface area contributed by atoms with E-state index in [0.717, 1.165) is 15.3 Å². The summed E-state index contributed by atoms with van der Waals surface area (Å²) in [5, 5.41) is 19.2. The fraction of sp³-hybridized carbons (Fsp3) is 0.273. The van der Waals surface area contributed by atoms with Crippen LogP contribution in [0.4, 0.5) is 11.6 Å². The number of nitrogens with zero attached hydrogens (tertiary/aromatic N) is 8. The number of aromatic amines is 2. The van der Waals surface area contributed by atoms with Crippen LogP contribution < -0.4 is 16.6 Å². The van der Waals surface area contributed by atoms with Gasteiger partial charge in [0.25, 0.3) is 11.5 Å². The van der Waals surface area contributed by atoms with E-state index in [1.807, 2.05) is 0 Å². The van der Waals surface area contributed by atoms with Crippen molar-refractivity contribution in [1.29, 1.82) is 0 Å². The SMILES string of the molecule is CCOC(=O)c1c[nH]n2c(=O)cc(Cl)nc12.CCOC(=O)c1cn[nH]c1N.CCOC(=O)c1cnn2c(Cl)cc(Cl)nc12.CCOC(=O)c1cnn2c1NC(=O)CC2=O. The van der Waals surface area contributed by atoms with E-state index in [4.69, 9.17) is 54.7 Å². The van der Waals surface area contributed by atoms with Gasteiger partial charge in [-0.15, -0.1) is 0 Å². The third-order valence-electron chi connectivity index (χ3n) is 7.09. The zero-order valence-electron chi connectivity index (χ0n) is 31.3. The van der Waals surface area contributed by atoms with Gasteiger partial charge >= 0.3 is 23.9 Å². The first kappa shape index (κ1) is 44.9. The second kappa shape index (κ2) is 20.5. The fourth-order valence-corrected chi connectivity index (χ4v) is 5.28. The van der Waals surface area contributed by atoms with Crippen LogP contribution in [0, 0.1) is 0 Å². The lowest BCUT2D eigenvalue weighted by molar-refractivity contribution is -0.115. The molecule has 312 valence electrons. The lowest BCUT2D eigenvalue weighted by atomic mass is 10.2. The van der Waals surface area contributed by atoms with Gasteiger partial charge in [-0.1, -0.05) is 34.8 Å². The number of hydrogen-bond donors (Lipinski definition) is 4. The summed E-state index contributed by atoms with van der Waals surface area (Å²) < 4.78 is 22.6. The van der Waals surface area contributed by atoms with Gasteiger partial charge in [-0.25, -0.2) is 38.2 Å². The van der Waals surface area contributed by atoms with E-state index < -0.39 is 35.7 Å².